The van der Waals surface area contributed by atoms with Gasteiger partial charge in [-0.15, -0.1) is 0 Å². The molecule has 4 aliphatic carbocycles. The summed E-state index contributed by atoms with van der Waals surface area (Å²) in [5.74, 6) is 3.15. The number of primary amides is 1. The molecule has 3 N–H and O–H groups in total. The Morgan fingerprint density at radius 3 is 2.74 bits per heavy atom. The van der Waals surface area contributed by atoms with Gasteiger partial charge < -0.3 is 10.8 Å². The molecule has 4 nitrogen and oxygen atoms in total. The maximum absolute atomic E-state index is 12.5. The van der Waals surface area contributed by atoms with Crippen LogP contribution in [0.15, 0.2) is 12.1 Å². The minimum absolute atomic E-state index is 0.0480. The van der Waals surface area contributed by atoms with Crippen LogP contribution in [-0.4, -0.2) is 16.8 Å². The van der Waals surface area contributed by atoms with Gasteiger partial charge in [-0.25, -0.2) is 0 Å². The standard InChI is InChI=1S/C23H29NO3/c1-12(13-2-3-13)16-8-9-23-11-15(25)5-7-19(23)18(16)10-14-4-6-17(22(24)27)21(26)20(14)23/h4,6,12-13,16,18-19,26H,2-3,5,7-11H2,1H3,(H2,24,27)/t12-,16?,18+,19?,23+/m1/s1. The highest BCUT2D eigenvalue weighted by molar-refractivity contribution is 5.96. The summed E-state index contributed by atoms with van der Waals surface area (Å²) in [5, 5.41) is 11.0. The largest absolute Gasteiger partial charge is 0.507 e. The average molecular weight is 367 g/mol. The van der Waals surface area contributed by atoms with Crippen molar-refractivity contribution in [2.75, 3.05) is 0 Å². The monoisotopic (exact) mass is 367 g/mol. The SMILES string of the molecule is C[C@H](C1CC1)C1CC[C@]23CC(=O)CCC2[C@H]1Cc1ccc(C(N)=O)c(O)c13. The zero-order chi connectivity index (χ0) is 18.9. The van der Waals surface area contributed by atoms with Gasteiger partial charge in [0.15, 0.2) is 0 Å². The van der Waals surface area contributed by atoms with E-state index in [1.807, 2.05) is 6.07 Å². The van der Waals surface area contributed by atoms with Crippen LogP contribution in [0, 0.1) is 29.6 Å². The van der Waals surface area contributed by atoms with E-state index in [0.29, 0.717) is 30.5 Å². The second kappa shape index (κ2) is 5.83. The zero-order valence-electron chi connectivity index (χ0n) is 16.0. The van der Waals surface area contributed by atoms with Crippen molar-refractivity contribution in [2.45, 2.75) is 63.7 Å². The maximum Gasteiger partial charge on any atom is 0.252 e. The molecule has 27 heavy (non-hydrogen) atoms. The van der Waals surface area contributed by atoms with Gasteiger partial charge in [0.25, 0.3) is 5.91 Å². The normalized spacial score (nSPS) is 35.9. The summed E-state index contributed by atoms with van der Waals surface area (Å²) in [5.41, 5.74) is 7.44. The lowest BCUT2D eigenvalue weighted by molar-refractivity contribution is -0.127. The molecule has 1 aromatic rings. The van der Waals surface area contributed by atoms with E-state index in [0.717, 1.165) is 54.6 Å². The first-order chi connectivity index (χ1) is 12.9. The molecule has 3 fully saturated rings. The van der Waals surface area contributed by atoms with Gasteiger partial charge in [0.05, 0.1) is 5.56 Å². The topological polar surface area (TPSA) is 80.4 Å². The Balaban J connectivity index is 1.65. The number of amides is 1. The first-order valence-electron chi connectivity index (χ1n) is 10.6. The number of carbonyl (C=O) groups is 2. The Kier molecular flexibility index (Phi) is 3.73. The Labute approximate surface area is 160 Å². The molecule has 5 atom stereocenters. The summed E-state index contributed by atoms with van der Waals surface area (Å²) in [6, 6.07) is 3.66. The van der Waals surface area contributed by atoms with E-state index in [2.05, 4.69) is 6.92 Å². The fraction of sp³-hybridized carbons (Fsp3) is 0.652. The van der Waals surface area contributed by atoms with Crippen LogP contribution in [0.5, 0.6) is 5.75 Å². The number of hydrogen-bond donors (Lipinski definition) is 2. The van der Waals surface area contributed by atoms with Gasteiger partial charge in [-0.1, -0.05) is 13.0 Å². The van der Waals surface area contributed by atoms with Gasteiger partial charge in [-0.05, 0) is 79.7 Å². The number of carbonyl (C=O) groups excluding carboxylic acids is 2. The number of ketones is 1. The average Bonchev–Trinajstić information content (AvgIpc) is 3.45. The highest BCUT2D eigenvalue weighted by Crippen LogP contribution is 2.63. The van der Waals surface area contributed by atoms with Crippen LogP contribution < -0.4 is 5.73 Å². The Morgan fingerprint density at radius 2 is 2.04 bits per heavy atom. The van der Waals surface area contributed by atoms with Crippen LogP contribution in [0.2, 0.25) is 0 Å². The predicted octanol–water partition coefficient (Wildman–Crippen LogP) is 3.73. The van der Waals surface area contributed by atoms with E-state index < -0.39 is 5.91 Å². The molecule has 0 aromatic heterocycles. The molecule has 2 bridgehead atoms. The molecule has 0 spiro atoms. The van der Waals surface area contributed by atoms with E-state index >= 15 is 0 Å². The van der Waals surface area contributed by atoms with Gasteiger partial charge in [0.1, 0.15) is 11.5 Å². The zero-order valence-corrected chi connectivity index (χ0v) is 16.0. The summed E-state index contributed by atoms with van der Waals surface area (Å²) in [4.78, 5) is 24.3. The minimum Gasteiger partial charge on any atom is -0.507 e. The molecule has 0 radical (unpaired) electrons. The highest BCUT2D eigenvalue weighted by atomic mass is 16.3. The van der Waals surface area contributed by atoms with E-state index in [1.54, 1.807) is 6.07 Å². The lowest BCUT2D eigenvalue weighted by Crippen LogP contribution is -2.55. The lowest BCUT2D eigenvalue weighted by atomic mass is 9.45. The Hall–Kier alpha value is -1.84. The number of fused-ring (bicyclic) bond motifs is 1. The molecule has 1 amide bonds. The molecule has 0 saturated heterocycles. The fourth-order valence-corrected chi connectivity index (χ4v) is 7.13. The van der Waals surface area contributed by atoms with Crippen LogP contribution in [0.3, 0.4) is 0 Å². The predicted molar refractivity (Wildman–Crippen MR) is 102 cm³/mol. The minimum atomic E-state index is -0.594. The summed E-state index contributed by atoms with van der Waals surface area (Å²) in [6.07, 6.45) is 7.90. The van der Waals surface area contributed by atoms with Crippen LogP contribution in [0.25, 0.3) is 0 Å². The summed E-state index contributed by atoms with van der Waals surface area (Å²) in [6.45, 7) is 2.44. The van der Waals surface area contributed by atoms with Crippen LogP contribution in [0.1, 0.15) is 73.4 Å². The maximum atomic E-state index is 12.5. The van der Waals surface area contributed by atoms with Crippen LogP contribution in [0.4, 0.5) is 0 Å². The lowest BCUT2D eigenvalue weighted by Gasteiger charge is -2.58. The van der Waals surface area contributed by atoms with Gasteiger partial charge in [-0.2, -0.15) is 0 Å². The third-order valence-electron chi connectivity index (χ3n) is 8.47. The third kappa shape index (κ3) is 2.41. The van der Waals surface area contributed by atoms with Crippen molar-refractivity contribution in [1.29, 1.82) is 0 Å². The molecular weight excluding hydrogens is 338 g/mol. The number of Topliss-reactive ketones (excluding diaryl/α,β-unsaturated/α-hetero) is 1. The fourth-order valence-electron chi connectivity index (χ4n) is 7.13. The molecule has 0 aliphatic heterocycles. The van der Waals surface area contributed by atoms with Gasteiger partial charge in [-0.3, -0.25) is 9.59 Å². The van der Waals surface area contributed by atoms with E-state index in [9.17, 15) is 14.7 Å². The number of phenols is 1. The molecule has 0 heterocycles. The molecule has 4 heteroatoms. The number of aromatic hydroxyl groups is 1. The van der Waals surface area contributed by atoms with E-state index in [1.165, 1.54) is 12.8 Å². The highest BCUT2D eigenvalue weighted by Gasteiger charge is 2.58. The molecular formula is C23H29NO3. The first-order valence-corrected chi connectivity index (χ1v) is 10.6. The van der Waals surface area contributed by atoms with Gasteiger partial charge >= 0.3 is 0 Å². The van der Waals surface area contributed by atoms with E-state index in [4.69, 9.17) is 5.73 Å². The Morgan fingerprint density at radius 1 is 1.26 bits per heavy atom. The third-order valence-corrected chi connectivity index (χ3v) is 8.47. The van der Waals surface area contributed by atoms with Crippen molar-refractivity contribution >= 4 is 11.7 Å². The van der Waals surface area contributed by atoms with Crippen LogP contribution >= 0.6 is 0 Å². The van der Waals surface area contributed by atoms with Crippen molar-refractivity contribution in [3.63, 3.8) is 0 Å². The molecule has 4 aliphatic rings. The second-order valence-electron chi connectivity index (χ2n) is 9.64. The summed E-state index contributed by atoms with van der Waals surface area (Å²) in [7, 11) is 0. The van der Waals surface area contributed by atoms with E-state index in [-0.39, 0.29) is 16.7 Å². The molecule has 3 saturated carbocycles. The summed E-state index contributed by atoms with van der Waals surface area (Å²) >= 11 is 0. The van der Waals surface area contributed by atoms with Crippen molar-refractivity contribution in [3.05, 3.63) is 28.8 Å². The molecule has 144 valence electrons. The molecule has 2 unspecified atom stereocenters. The molecule has 1 aromatic carbocycles. The summed E-state index contributed by atoms with van der Waals surface area (Å²) < 4.78 is 0. The van der Waals surface area contributed by atoms with Crippen molar-refractivity contribution in [1.82, 2.24) is 0 Å². The number of hydrogen-bond acceptors (Lipinski definition) is 3. The first kappa shape index (κ1) is 17.3. The van der Waals surface area contributed by atoms with Crippen molar-refractivity contribution < 1.29 is 14.7 Å². The number of nitrogens with two attached hydrogens (primary N) is 1. The van der Waals surface area contributed by atoms with Gasteiger partial charge in [0, 0.05) is 23.8 Å². The second-order valence-corrected chi connectivity index (χ2v) is 9.64. The van der Waals surface area contributed by atoms with Gasteiger partial charge in [0.2, 0.25) is 0 Å². The Bertz CT molecular complexity index is 827. The van der Waals surface area contributed by atoms with Crippen molar-refractivity contribution in [3.8, 4) is 5.75 Å². The smallest absolute Gasteiger partial charge is 0.252 e. The van der Waals surface area contributed by atoms with Crippen molar-refractivity contribution in [2.24, 2.45) is 35.3 Å². The van der Waals surface area contributed by atoms with Crippen LogP contribution in [-0.2, 0) is 16.6 Å². The molecule has 5 rings (SSSR count). The quantitative estimate of drug-likeness (QED) is 0.854. The number of rotatable bonds is 3. The number of benzene rings is 1.